The van der Waals surface area contributed by atoms with E-state index in [1.54, 1.807) is 0 Å². The van der Waals surface area contributed by atoms with E-state index in [0.717, 1.165) is 34.3 Å². The highest BCUT2D eigenvalue weighted by molar-refractivity contribution is 6.11. The van der Waals surface area contributed by atoms with Gasteiger partial charge in [0.15, 0.2) is 0 Å². The van der Waals surface area contributed by atoms with Crippen LogP contribution in [0.25, 0.3) is 21.7 Å². The van der Waals surface area contributed by atoms with Crippen molar-refractivity contribution in [3.05, 3.63) is 83.6 Å². The quantitative estimate of drug-likeness (QED) is 0.294. The molecular formula is C22H21N5. The molecule has 4 aromatic rings. The first kappa shape index (κ1) is 16.8. The van der Waals surface area contributed by atoms with E-state index in [-0.39, 0.29) is 5.96 Å². The number of nitrogens with one attached hydrogen (secondary N) is 1. The van der Waals surface area contributed by atoms with E-state index in [0.29, 0.717) is 0 Å². The molecule has 4 rings (SSSR count). The lowest BCUT2D eigenvalue weighted by atomic mass is 10.00. The van der Waals surface area contributed by atoms with Crippen LogP contribution in [0.1, 0.15) is 23.7 Å². The van der Waals surface area contributed by atoms with Gasteiger partial charge in [0.1, 0.15) is 0 Å². The number of para-hydroxylation sites is 1. The van der Waals surface area contributed by atoms with Crippen molar-refractivity contribution in [1.82, 2.24) is 4.98 Å². The Morgan fingerprint density at radius 3 is 2.44 bits per heavy atom. The first-order valence-electron chi connectivity index (χ1n) is 8.82. The number of rotatable bonds is 4. The second-order valence-electron chi connectivity index (χ2n) is 6.59. The van der Waals surface area contributed by atoms with E-state index < -0.39 is 0 Å². The Balaban J connectivity index is 1.81. The van der Waals surface area contributed by atoms with Gasteiger partial charge in [0.25, 0.3) is 0 Å². The van der Waals surface area contributed by atoms with Crippen molar-refractivity contribution in [3.63, 3.8) is 0 Å². The van der Waals surface area contributed by atoms with Crippen LogP contribution in [0.5, 0.6) is 0 Å². The molecule has 1 heterocycles. The predicted molar refractivity (Wildman–Crippen MR) is 113 cm³/mol. The molecule has 0 aliphatic rings. The van der Waals surface area contributed by atoms with Gasteiger partial charge in [-0.15, -0.1) is 5.10 Å². The fraction of sp³-hybridized carbons (Fsp3) is 0.0909. The maximum Gasteiger partial charge on any atom is 0.211 e. The summed E-state index contributed by atoms with van der Waals surface area (Å²) in [6.45, 7) is 1.92. The van der Waals surface area contributed by atoms with Gasteiger partial charge < -0.3 is 16.5 Å². The van der Waals surface area contributed by atoms with Crippen LogP contribution in [-0.2, 0) is 6.42 Å². The highest BCUT2D eigenvalue weighted by Gasteiger charge is 2.14. The number of nitrogens with zero attached hydrogens (tertiary/aromatic N) is 2. The molecule has 5 heteroatoms. The van der Waals surface area contributed by atoms with Crippen LogP contribution in [0.2, 0.25) is 0 Å². The molecule has 1 aromatic heterocycles. The Morgan fingerprint density at radius 1 is 0.889 bits per heavy atom. The number of guanidine groups is 1. The summed E-state index contributed by atoms with van der Waals surface area (Å²) in [7, 11) is 0. The number of hydrogen-bond donors (Lipinski definition) is 3. The standard InChI is InChI=1S/C22H21N5/c1-14(26-27-22(23)24)21-18-8-4-5-9-19(18)25-20(21)13-15-10-11-16-6-2-3-7-17(16)12-15/h2-12,25H,13H2,1H3,(H4,23,24,27)/b26-14-. The molecule has 0 atom stereocenters. The van der Waals surface area contributed by atoms with Crippen LogP contribution in [-0.4, -0.2) is 16.7 Å². The number of H-pyrrole nitrogens is 1. The number of hydrogen-bond acceptors (Lipinski definition) is 2. The minimum atomic E-state index is -0.0507. The van der Waals surface area contributed by atoms with E-state index >= 15 is 0 Å². The minimum Gasteiger partial charge on any atom is -0.369 e. The van der Waals surface area contributed by atoms with Crippen molar-refractivity contribution in [2.45, 2.75) is 13.3 Å². The van der Waals surface area contributed by atoms with Crippen LogP contribution >= 0.6 is 0 Å². The molecular weight excluding hydrogens is 334 g/mol. The highest BCUT2D eigenvalue weighted by atomic mass is 15.3. The molecule has 0 fully saturated rings. The summed E-state index contributed by atoms with van der Waals surface area (Å²) in [5, 5.41) is 11.6. The molecule has 0 bridgehead atoms. The van der Waals surface area contributed by atoms with E-state index in [1.807, 2.05) is 19.1 Å². The predicted octanol–water partition coefficient (Wildman–Crippen LogP) is 3.91. The number of fused-ring (bicyclic) bond motifs is 2. The monoisotopic (exact) mass is 355 g/mol. The van der Waals surface area contributed by atoms with E-state index in [9.17, 15) is 0 Å². The Hall–Kier alpha value is -3.60. The van der Waals surface area contributed by atoms with Crippen molar-refractivity contribution >= 4 is 33.3 Å². The molecule has 0 unspecified atom stereocenters. The molecule has 0 amide bonds. The van der Waals surface area contributed by atoms with Crippen LogP contribution in [0.4, 0.5) is 0 Å². The molecule has 0 radical (unpaired) electrons. The van der Waals surface area contributed by atoms with Crippen molar-refractivity contribution in [2.75, 3.05) is 0 Å². The zero-order valence-corrected chi connectivity index (χ0v) is 15.1. The van der Waals surface area contributed by atoms with Crippen LogP contribution in [0.15, 0.2) is 76.9 Å². The smallest absolute Gasteiger partial charge is 0.211 e. The third-order valence-electron chi connectivity index (χ3n) is 4.66. The normalized spacial score (nSPS) is 11.8. The summed E-state index contributed by atoms with van der Waals surface area (Å²) in [6.07, 6.45) is 0.767. The van der Waals surface area contributed by atoms with Gasteiger partial charge in [0.2, 0.25) is 5.96 Å². The molecule has 5 N–H and O–H groups in total. The molecule has 134 valence electrons. The molecule has 3 aromatic carbocycles. The van der Waals surface area contributed by atoms with Crippen molar-refractivity contribution < 1.29 is 0 Å². The van der Waals surface area contributed by atoms with Crippen LogP contribution < -0.4 is 11.5 Å². The Kier molecular flexibility index (Phi) is 4.34. The number of benzene rings is 3. The van der Waals surface area contributed by atoms with E-state index in [2.05, 4.69) is 69.8 Å². The molecule has 0 aliphatic carbocycles. The summed E-state index contributed by atoms with van der Waals surface area (Å²) >= 11 is 0. The fourth-order valence-corrected chi connectivity index (χ4v) is 3.48. The zero-order chi connectivity index (χ0) is 18.8. The molecule has 0 saturated heterocycles. The largest absolute Gasteiger partial charge is 0.369 e. The lowest BCUT2D eigenvalue weighted by molar-refractivity contribution is 1.11. The lowest BCUT2D eigenvalue weighted by Gasteiger charge is -2.06. The second kappa shape index (κ2) is 6.96. The molecule has 5 nitrogen and oxygen atoms in total. The van der Waals surface area contributed by atoms with Crippen molar-refractivity contribution in [1.29, 1.82) is 0 Å². The summed E-state index contributed by atoms with van der Waals surface area (Å²) in [5.41, 5.74) is 16.1. The first-order valence-corrected chi connectivity index (χ1v) is 8.82. The average molecular weight is 355 g/mol. The topological polar surface area (TPSA) is 92.5 Å². The maximum absolute atomic E-state index is 5.43. The van der Waals surface area contributed by atoms with Gasteiger partial charge >= 0.3 is 0 Å². The van der Waals surface area contributed by atoms with Gasteiger partial charge in [-0.3, -0.25) is 0 Å². The van der Waals surface area contributed by atoms with Crippen molar-refractivity contribution in [3.8, 4) is 0 Å². The van der Waals surface area contributed by atoms with Crippen LogP contribution in [0, 0.1) is 0 Å². The van der Waals surface area contributed by atoms with Crippen LogP contribution in [0.3, 0.4) is 0 Å². The lowest BCUT2D eigenvalue weighted by Crippen LogP contribution is -2.22. The summed E-state index contributed by atoms with van der Waals surface area (Å²) in [6, 6.07) is 23.1. The molecule has 27 heavy (non-hydrogen) atoms. The summed E-state index contributed by atoms with van der Waals surface area (Å²) < 4.78 is 0. The van der Waals surface area contributed by atoms with Crippen molar-refractivity contribution in [2.24, 2.45) is 21.7 Å². The zero-order valence-electron chi connectivity index (χ0n) is 15.1. The number of aromatic nitrogens is 1. The van der Waals surface area contributed by atoms with E-state index in [1.165, 1.54) is 16.3 Å². The summed E-state index contributed by atoms with van der Waals surface area (Å²) in [5.74, 6) is -0.0507. The molecule has 0 spiro atoms. The number of aromatic amines is 1. The third-order valence-corrected chi connectivity index (χ3v) is 4.66. The molecule has 0 aliphatic heterocycles. The Morgan fingerprint density at radius 2 is 1.63 bits per heavy atom. The van der Waals surface area contributed by atoms with Gasteiger partial charge in [-0.2, -0.15) is 5.10 Å². The van der Waals surface area contributed by atoms with Gasteiger partial charge in [-0.25, -0.2) is 0 Å². The minimum absolute atomic E-state index is 0.0507. The average Bonchev–Trinajstić information content (AvgIpc) is 3.04. The maximum atomic E-state index is 5.43. The first-order chi connectivity index (χ1) is 13.1. The molecule has 0 saturated carbocycles. The van der Waals surface area contributed by atoms with Gasteiger partial charge in [-0.1, -0.05) is 60.7 Å². The third kappa shape index (κ3) is 3.40. The fourth-order valence-electron chi connectivity index (χ4n) is 3.48. The summed E-state index contributed by atoms with van der Waals surface area (Å²) in [4.78, 5) is 3.54. The number of nitrogens with two attached hydrogens (primary N) is 2. The van der Waals surface area contributed by atoms with Gasteiger partial charge in [-0.05, 0) is 29.3 Å². The van der Waals surface area contributed by atoms with E-state index in [4.69, 9.17) is 11.5 Å². The Bertz CT molecular complexity index is 1180. The highest BCUT2D eigenvalue weighted by Crippen LogP contribution is 2.26. The second-order valence-corrected chi connectivity index (χ2v) is 6.59. The van der Waals surface area contributed by atoms with Gasteiger partial charge in [0, 0.05) is 28.6 Å². The SMILES string of the molecule is C/C(=N/N=C(N)N)c1c(Cc2ccc3ccccc3c2)[nH]c2ccccc12. The Labute approximate surface area is 157 Å². The van der Waals surface area contributed by atoms with Gasteiger partial charge in [0.05, 0.1) is 5.71 Å².